The van der Waals surface area contributed by atoms with Crippen molar-refractivity contribution in [2.45, 2.75) is 43.2 Å². The Balaban J connectivity index is 1.67. The van der Waals surface area contributed by atoms with Crippen molar-refractivity contribution < 1.29 is 14.3 Å². The minimum atomic E-state index is -0.490. The van der Waals surface area contributed by atoms with Crippen molar-refractivity contribution >= 4 is 11.7 Å². The maximum Gasteiger partial charge on any atom is 0.310 e. The largest absolute Gasteiger partial charge is 0.469 e. The van der Waals surface area contributed by atoms with Crippen LogP contribution < -0.4 is 5.32 Å². The number of hydrogen-bond donors (Lipinski definition) is 1. The summed E-state index contributed by atoms with van der Waals surface area (Å²) in [5.74, 6) is -0.0451. The molecule has 0 amide bonds. The van der Waals surface area contributed by atoms with Gasteiger partial charge in [0, 0.05) is 18.7 Å². The summed E-state index contributed by atoms with van der Waals surface area (Å²) in [5.41, 5.74) is 2.89. The molecule has 25 heavy (non-hydrogen) atoms. The summed E-state index contributed by atoms with van der Waals surface area (Å²) in [5, 5.41) is 3.73. The van der Waals surface area contributed by atoms with E-state index in [0.717, 1.165) is 25.1 Å². The maximum absolute atomic E-state index is 13.1. The molecule has 4 fully saturated rings. The normalized spacial score (nSPS) is 46.9. The number of nitrogens with one attached hydrogen (secondary N) is 1. The molecule has 6 rings (SSSR count). The van der Waals surface area contributed by atoms with Crippen LogP contribution in [0.15, 0.2) is 35.9 Å². The molecule has 1 saturated carbocycles. The van der Waals surface area contributed by atoms with Gasteiger partial charge in [0.05, 0.1) is 24.5 Å². The number of nitrogens with zero attached hydrogens (tertiary/aromatic N) is 1. The lowest BCUT2D eigenvalue weighted by atomic mass is 9.49. The van der Waals surface area contributed by atoms with E-state index < -0.39 is 5.72 Å². The van der Waals surface area contributed by atoms with Gasteiger partial charge in [-0.15, -0.1) is 0 Å². The first kappa shape index (κ1) is 14.3. The van der Waals surface area contributed by atoms with Crippen LogP contribution in [-0.2, 0) is 19.7 Å². The third-order valence-electron chi connectivity index (χ3n) is 7.53. The third-order valence-corrected chi connectivity index (χ3v) is 7.53. The molecular weight excluding hydrogens is 316 g/mol. The monoisotopic (exact) mass is 338 g/mol. The van der Waals surface area contributed by atoms with E-state index in [2.05, 4.69) is 47.5 Å². The number of carbonyl (C=O) groups excluding carboxylic acids is 1. The van der Waals surface area contributed by atoms with Crippen molar-refractivity contribution in [1.82, 2.24) is 4.90 Å². The Morgan fingerprint density at radius 3 is 3.08 bits per heavy atom. The van der Waals surface area contributed by atoms with Crippen LogP contribution >= 0.6 is 0 Å². The van der Waals surface area contributed by atoms with E-state index in [-0.39, 0.29) is 29.4 Å². The van der Waals surface area contributed by atoms with E-state index in [4.69, 9.17) is 9.47 Å². The highest BCUT2D eigenvalue weighted by Gasteiger charge is 2.82. The van der Waals surface area contributed by atoms with Gasteiger partial charge in [-0.2, -0.15) is 0 Å². The minimum Gasteiger partial charge on any atom is -0.469 e. The Hall–Kier alpha value is -1.85. The van der Waals surface area contributed by atoms with Gasteiger partial charge in [-0.1, -0.05) is 29.8 Å². The molecule has 0 radical (unpaired) electrons. The van der Waals surface area contributed by atoms with Gasteiger partial charge in [0.15, 0.2) is 5.72 Å². The fraction of sp³-hybridized carbons (Fsp3) is 0.550. The molecule has 6 unspecified atom stereocenters. The summed E-state index contributed by atoms with van der Waals surface area (Å²) in [6.45, 7) is 2.99. The molecule has 1 spiro atoms. The summed E-state index contributed by atoms with van der Waals surface area (Å²) in [6.07, 6.45) is 4.10. The number of allylic oxidation sites excluding steroid dienone is 1. The van der Waals surface area contributed by atoms with Crippen LogP contribution in [0.4, 0.5) is 5.69 Å². The van der Waals surface area contributed by atoms with Crippen LogP contribution in [0.3, 0.4) is 0 Å². The molecule has 130 valence electrons. The molecule has 0 aromatic heterocycles. The predicted molar refractivity (Wildman–Crippen MR) is 91.8 cm³/mol. The van der Waals surface area contributed by atoms with E-state index in [1.165, 1.54) is 18.2 Å². The molecule has 1 aliphatic carbocycles. The minimum absolute atomic E-state index is 0.0780. The maximum atomic E-state index is 13.1. The van der Waals surface area contributed by atoms with Crippen molar-refractivity contribution in [3.8, 4) is 0 Å². The molecule has 1 N–H and O–H groups in total. The zero-order chi connectivity index (χ0) is 17.0. The van der Waals surface area contributed by atoms with Gasteiger partial charge in [-0.25, -0.2) is 0 Å². The number of benzene rings is 1. The summed E-state index contributed by atoms with van der Waals surface area (Å²) >= 11 is 0. The van der Waals surface area contributed by atoms with E-state index in [1.54, 1.807) is 0 Å². The Kier molecular flexibility index (Phi) is 2.45. The topological polar surface area (TPSA) is 50.8 Å². The van der Waals surface area contributed by atoms with Gasteiger partial charge in [-0.3, -0.25) is 9.69 Å². The predicted octanol–water partition coefficient (Wildman–Crippen LogP) is 2.25. The van der Waals surface area contributed by atoms with Crippen LogP contribution in [0.25, 0.3) is 0 Å². The quantitative estimate of drug-likeness (QED) is 0.629. The van der Waals surface area contributed by atoms with E-state index in [1.807, 2.05) is 0 Å². The van der Waals surface area contributed by atoms with Crippen molar-refractivity contribution in [2.24, 2.45) is 11.8 Å². The summed E-state index contributed by atoms with van der Waals surface area (Å²) in [6, 6.07) is 8.74. The highest BCUT2D eigenvalue weighted by Crippen LogP contribution is 2.72. The lowest BCUT2D eigenvalue weighted by Crippen LogP contribution is -2.73. The Bertz CT molecular complexity index is 836. The molecule has 5 heteroatoms. The average molecular weight is 338 g/mol. The van der Waals surface area contributed by atoms with E-state index >= 15 is 0 Å². The van der Waals surface area contributed by atoms with Gasteiger partial charge in [0.25, 0.3) is 0 Å². The van der Waals surface area contributed by atoms with Crippen LogP contribution in [0.5, 0.6) is 0 Å². The molecule has 1 aromatic rings. The summed E-state index contributed by atoms with van der Waals surface area (Å²) < 4.78 is 12.0. The molecule has 4 aliphatic heterocycles. The summed E-state index contributed by atoms with van der Waals surface area (Å²) in [4.78, 5) is 15.6. The first-order chi connectivity index (χ1) is 12.2. The molecule has 1 aromatic carbocycles. The average Bonchev–Trinajstić information content (AvgIpc) is 3.22. The number of fused-ring (bicyclic) bond motifs is 4. The van der Waals surface area contributed by atoms with Crippen molar-refractivity contribution in [3.63, 3.8) is 0 Å². The number of para-hydroxylation sites is 1. The van der Waals surface area contributed by atoms with Gasteiger partial charge < -0.3 is 14.8 Å². The van der Waals surface area contributed by atoms with Gasteiger partial charge in [0.1, 0.15) is 6.23 Å². The Morgan fingerprint density at radius 2 is 2.28 bits per heavy atom. The van der Waals surface area contributed by atoms with E-state index in [9.17, 15) is 4.79 Å². The first-order valence-corrected chi connectivity index (χ1v) is 9.20. The zero-order valence-electron chi connectivity index (χ0n) is 14.5. The second kappa shape index (κ2) is 4.27. The number of rotatable bonds is 1. The Morgan fingerprint density at radius 1 is 1.44 bits per heavy atom. The molecule has 6 atom stereocenters. The van der Waals surface area contributed by atoms with Crippen molar-refractivity contribution in [3.05, 3.63) is 41.5 Å². The summed E-state index contributed by atoms with van der Waals surface area (Å²) in [7, 11) is 1.52. The van der Waals surface area contributed by atoms with Crippen molar-refractivity contribution in [2.75, 3.05) is 19.0 Å². The first-order valence-electron chi connectivity index (χ1n) is 9.20. The second-order valence-corrected chi connectivity index (χ2v) is 8.05. The van der Waals surface area contributed by atoms with Gasteiger partial charge in [0.2, 0.25) is 0 Å². The standard InChI is InChI=1S/C20H22N2O3/c1-3-11-10-22-15-8-12(11)17(18(23)24-2)19-9-16(22)25-20(15,19)21-14-7-5-4-6-13(14)19/h3-7,12,15-17,21H,8-10H2,1-2H3/b11-3-. The molecular formula is C20H22N2O3. The molecule has 4 bridgehead atoms. The number of anilines is 1. The highest BCUT2D eigenvalue weighted by molar-refractivity contribution is 5.81. The lowest BCUT2D eigenvalue weighted by molar-refractivity contribution is -0.161. The van der Waals surface area contributed by atoms with Crippen LogP contribution in [-0.4, -0.2) is 42.5 Å². The molecule has 5 nitrogen and oxygen atoms in total. The van der Waals surface area contributed by atoms with E-state index in [0.29, 0.717) is 6.04 Å². The third kappa shape index (κ3) is 1.30. The number of carbonyl (C=O) groups is 1. The number of ether oxygens (including phenoxy) is 2. The van der Waals surface area contributed by atoms with Crippen LogP contribution in [0.2, 0.25) is 0 Å². The fourth-order valence-electron chi connectivity index (χ4n) is 6.75. The molecule has 3 saturated heterocycles. The smallest absolute Gasteiger partial charge is 0.310 e. The number of esters is 1. The zero-order valence-corrected chi connectivity index (χ0v) is 14.5. The van der Waals surface area contributed by atoms with Gasteiger partial charge in [-0.05, 0) is 30.9 Å². The SMILES string of the molecule is C/C=C1/CN2C3CC45c6ccccc6NC4(O3)C2CC1C5C(=O)OC. The van der Waals surface area contributed by atoms with Crippen LogP contribution in [0, 0.1) is 11.8 Å². The van der Waals surface area contributed by atoms with Crippen molar-refractivity contribution in [1.29, 1.82) is 0 Å². The number of hydrogen-bond acceptors (Lipinski definition) is 5. The number of piperidine rings is 2. The highest BCUT2D eigenvalue weighted by atomic mass is 16.6. The Labute approximate surface area is 147 Å². The van der Waals surface area contributed by atoms with Gasteiger partial charge >= 0.3 is 5.97 Å². The second-order valence-electron chi connectivity index (χ2n) is 8.05. The molecule has 5 aliphatic rings. The van der Waals surface area contributed by atoms with Crippen LogP contribution in [0.1, 0.15) is 25.3 Å². The fourth-order valence-corrected chi connectivity index (χ4v) is 6.75. The number of methoxy groups -OCH3 is 1. The molecule has 4 heterocycles. The lowest BCUT2D eigenvalue weighted by Gasteiger charge is -2.60.